The molecule has 0 saturated carbocycles. The lowest BCUT2D eigenvalue weighted by molar-refractivity contribution is 0.121. The van der Waals surface area contributed by atoms with Crippen molar-refractivity contribution in [3.63, 3.8) is 0 Å². The third kappa shape index (κ3) is 3.20. The molecule has 0 N–H and O–H groups in total. The molecule has 0 bridgehead atoms. The molecule has 1 saturated heterocycles. The maximum Gasteiger partial charge on any atom is 0.0666 e. The number of hydrogen-bond donors (Lipinski definition) is 0. The summed E-state index contributed by atoms with van der Waals surface area (Å²) in [5.41, 5.74) is 3.58. The molecule has 4 heterocycles. The van der Waals surface area contributed by atoms with Crippen molar-refractivity contribution in [3.8, 4) is 0 Å². The van der Waals surface area contributed by atoms with E-state index in [-0.39, 0.29) is 0 Å². The van der Waals surface area contributed by atoms with Gasteiger partial charge in [-0.15, -0.1) is 0 Å². The van der Waals surface area contributed by atoms with Gasteiger partial charge in [-0.25, -0.2) is 0 Å². The average molecular weight is 325 g/mol. The third-order valence-corrected chi connectivity index (χ3v) is 4.74. The van der Waals surface area contributed by atoms with Crippen LogP contribution in [0, 0.1) is 5.92 Å². The molecule has 6 nitrogen and oxygen atoms in total. The van der Waals surface area contributed by atoms with Gasteiger partial charge in [-0.1, -0.05) is 0 Å². The van der Waals surface area contributed by atoms with Crippen molar-refractivity contribution >= 4 is 5.52 Å². The van der Waals surface area contributed by atoms with Crippen LogP contribution in [0.3, 0.4) is 0 Å². The van der Waals surface area contributed by atoms with Gasteiger partial charge in [0, 0.05) is 57.4 Å². The molecule has 3 aromatic heterocycles. The third-order valence-electron chi connectivity index (χ3n) is 4.74. The number of fused-ring (bicyclic) bond motifs is 1. The summed E-state index contributed by atoms with van der Waals surface area (Å²) in [4.78, 5) is 7.07. The summed E-state index contributed by atoms with van der Waals surface area (Å²) in [6.45, 7) is 4.49. The van der Waals surface area contributed by atoms with Gasteiger partial charge in [-0.2, -0.15) is 5.10 Å². The lowest BCUT2D eigenvalue weighted by atomic mass is 10.0. The Morgan fingerprint density at radius 2 is 2.21 bits per heavy atom. The van der Waals surface area contributed by atoms with Crippen molar-refractivity contribution in [2.75, 3.05) is 26.3 Å². The lowest BCUT2D eigenvalue weighted by Gasteiger charge is -2.23. The molecule has 0 spiro atoms. The molecule has 0 unspecified atom stereocenters. The summed E-state index contributed by atoms with van der Waals surface area (Å²) in [6.07, 6.45) is 8.75. The number of rotatable bonds is 4. The Morgan fingerprint density at radius 1 is 1.25 bits per heavy atom. The van der Waals surface area contributed by atoms with Gasteiger partial charge in [0.15, 0.2) is 0 Å². The normalized spacial score (nSPS) is 19.6. The van der Waals surface area contributed by atoms with Crippen LogP contribution in [0.1, 0.15) is 11.4 Å². The average Bonchev–Trinajstić information content (AvgIpc) is 3.15. The topological polar surface area (TPSA) is 47.6 Å². The number of ether oxygens (including phenoxy) is 1. The quantitative estimate of drug-likeness (QED) is 0.733. The fourth-order valence-corrected chi connectivity index (χ4v) is 3.47. The lowest BCUT2D eigenvalue weighted by Crippen LogP contribution is -2.31. The number of aryl methyl sites for hydroxylation is 1. The van der Waals surface area contributed by atoms with Crippen molar-refractivity contribution in [2.24, 2.45) is 13.0 Å². The standard InChI is InChI=1S/C18H23N5O/c1-21-16(4-5-20-21)13-22-9-10-24-14-15(12-22)11-17-18-3-2-7-23(18)8-6-19-17/h2-8,15H,9-14H2,1H3/t15-/m0/s1. The molecule has 24 heavy (non-hydrogen) atoms. The van der Waals surface area contributed by atoms with E-state index in [0.29, 0.717) is 5.92 Å². The van der Waals surface area contributed by atoms with E-state index in [1.54, 1.807) is 0 Å². The summed E-state index contributed by atoms with van der Waals surface area (Å²) < 4.78 is 9.93. The molecule has 1 aliphatic rings. The molecule has 1 fully saturated rings. The van der Waals surface area contributed by atoms with Gasteiger partial charge in [0.25, 0.3) is 0 Å². The molecule has 1 aliphatic heterocycles. The molecular formula is C18H23N5O. The Kier molecular flexibility index (Phi) is 4.32. The molecule has 0 aliphatic carbocycles. The van der Waals surface area contributed by atoms with Gasteiger partial charge in [0.1, 0.15) is 0 Å². The second kappa shape index (κ2) is 6.75. The van der Waals surface area contributed by atoms with Crippen molar-refractivity contribution < 1.29 is 4.74 Å². The van der Waals surface area contributed by atoms with Crippen molar-refractivity contribution in [2.45, 2.75) is 13.0 Å². The Balaban J connectivity index is 1.48. The molecule has 3 aromatic rings. The minimum absolute atomic E-state index is 0.453. The van der Waals surface area contributed by atoms with E-state index in [0.717, 1.165) is 45.0 Å². The van der Waals surface area contributed by atoms with E-state index in [4.69, 9.17) is 4.74 Å². The molecule has 4 rings (SSSR count). The molecule has 6 heteroatoms. The fraction of sp³-hybridized carbons (Fsp3) is 0.444. The second-order valence-corrected chi connectivity index (χ2v) is 6.50. The zero-order valence-electron chi connectivity index (χ0n) is 14.0. The minimum Gasteiger partial charge on any atom is -0.380 e. The number of hydrogen-bond acceptors (Lipinski definition) is 4. The molecular weight excluding hydrogens is 302 g/mol. The van der Waals surface area contributed by atoms with Crippen molar-refractivity contribution in [3.05, 3.63) is 54.4 Å². The van der Waals surface area contributed by atoms with E-state index < -0.39 is 0 Å². The van der Waals surface area contributed by atoms with Crippen LogP contribution >= 0.6 is 0 Å². The predicted octanol–water partition coefficient (Wildman–Crippen LogP) is 1.76. The van der Waals surface area contributed by atoms with Crippen LogP contribution in [-0.2, 0) is 24.8 Å². The number of aromatic nitrogens is 4. The maximum atomic E-state index is 5.85. The summed E-state index contributed by atoms with van der Waals surface area (Å²) in [6, 6.07) is 6.29. The van der Waals surface area contributed by atoms with Gasteiger partial charge in [-0.05, 0) is 24.6 Å². The first kappa shape index (κ1) is 15.4. The van der Waals surface area contributed by atoms with Gasteiger partial charge in [0.05, 0.1) is 30.1 Å². The zero-order valence-corrected chi connectivity index (χ0v) is 14.0. The van der Waals surface area contributed by atoms with E-state index in [1.807, 2.05) is 30.3 Å². The molecule has 0 aromatic carbocycles. The molecule has 126 valence electrons. The van der Waals surface area contributed by atoms with Gasteiger partial charge < -0.3 is 9.14 Å². The smallest absolute Gasteiger partial charge is 0.0666 e. The van der Waals surface area contributed by atoms with Gasteiger partial charge in [-0.3, -0.25) is 14.6 Å². The zero-order chi connectivity index (χ0) is 16.4. The largest absolute Gasteiger partial charge is 0.380 e. The van der Waals surface area contributed by atoms with Gasteiger partial charge >= 0.3 is 0 Å². The van der Waals surface area contributed by atoms with Crippen LogP contribution in [-0.4, -0.2) is 50.4 Å². The Labute approximate surface area is 141 Å². The summed E-state index contributed by atoms with van der Waals surface area (Å²) in [7, 11) is 2.00. The van der Waals surface area contributed by atoms with Gasteiger partial charge in [0.2, 0.25) is 0 Å². The monoisotopic (exact) mass is 325 g/mol. The van der Waals surface area contributed by atoms with Crippen LogP contribution in [0.5, 0.6) is 0 Å². The Morgan fingerprint density at radius 3 is 3.08 bits per heavy atom. The maximum absolute atomic E-state index is 5.85. The van der Waals surface area contributed by atoms with E-state index in [9.17, 15) is 0 Å². The molecule has 1 atom stereocenters. The Hall–Kier alpha value is -2.18. The first-order chi connectivity index (χ1) is 11.8. The van der Waals surface area contributed by atoms with E-state index in [1.165, 1.54) is 11.2 Å². The van der Waals surface area contributed by atoms with E-state index >= 15 is 0 Å². The summed E-state index contributed by atoms with van der Waals surface area (Å²) in [5, 5.41) is 4.27. The van der Waals surface area contributed by atoms with Crippen LogP contribution in [0.2, 0.25) is 0 Å². The first-order valence-corrected chi connectivity index (χ1v) is 8.47. The SMILES string of the molecule is Cn1nccc1CN1CCOC[C@@H](Cc2nccn3cccc23)C1. The number of nitrogens with zero attached hydrogens (tertiary/aromatic N) is 5. The van der Waals surface area contributed by atoms with Crippen LogP contribution in [0.15, 0.2) is 43.0 Å². The molecule has 0 amide bonds. The fourth-order valence-electron chi connectivity index (χ4n) is 3.47. The summed E-state index contributed by atoms with van der Waals surface area (Å²) >= 11 is 0. The first-order valence-electron chi connectivity index (χ1n) is 8.47. The van der Waals surface area contributed by atoms with Crippen LogP contribution in [0.25, 0.3) is 5.52 Å². The van der Waals surface area contributed by atoms with Crippen LogP contribution in [0.4, 0.5) is 0 Å². The van der Waals surface area contributed by atoms with Crippen LogP contribution < -0.4 is 0 Å². The van der Waals surface area contributed by atoms with E-state index in [2.05, 4.69) is 43.8 Å². The highest BCUT2D eigenvalue weighted by Gasteiger charge is 2.21. The second-order valence-electron chi connectivity index (χ2n) is 6.50. The highest BCUT2D eigenvalue weighted by atomic mass is 16.5. The highest BCUT2D eigenvalue weighted by molar-refractivity contribution is 5.52. The highest BCUT2D eigenvalue weighted by Crippen LogP contribution is 2.18. The minimum atomic E-state index is 0.453. The van der Waals surface area contributed by atoms with Crippen molar-refractivity contribution in [1.82, 2.24) is 24.1 Å². The summed E-state index contributed by atoms with van der Waals surface area (Å²) in [5.74, 6) is 0.453. The molecule has 0 radical (unpaired) electrons. The predicted molar refractivity (Wildman–Crippen MR) is 91.7 cm³/mol. The van der Waals surface area contributed by atoms with Crippen molar-refractivity contribution in [1.29, 1.82) is 0 Å². The Bertz CT molecular complexity index is 808.